The van der Waals surface area contributed by atoms with Crippen molar-refractivity contribution in [1.82, 2.24) is 9.38 Å². The fourth-order valence-electron chi connectivity index (χ4n) is 4.63. The Morgan fingerprint density at radius 3 is 2.40 bits per heavy atom. The van der Waals surface area contributed by atoms with Crippen LogP contribution in [0.3, 0.4) is 0 Å². The van der Waals surface area contributed by atoms with Crippen LogP contribution in [-0.4, -0.2) is 49.3 Å². The van der Waals surface area contributed by atoms with E-state index in [-0.39, 0.29) is 15.9 Å². The van der Waals surface area contributed by atoms with Gasteiger partial charge in [-0.15, -0.1) is 0 Å². The highest BCUT2D eigenvalue weighted by Gasteiger charge is 2.46. The van der Waals surface area contributed by atoms with Crippen LogP contribution in [0.25, 0.3) is 0 Å². The molecule has 1 amide bonds. The standard InChI is InChI=1S/C21H34N2O2/c1-6-23(20(24)25,18-12-8-7-9-13-18)19-14-10-11-17(15-19)21(2,3)16-22(4)5/h10-11,14-15,18H,6-9,12-13,16H2,1-5H3/p+1. The number of carbonyl (C=O) groups is 1. The minimum absolute atomic E-state index is 0.0199. The predicted octanol–water partition coefficient (Wildman–Crippen LogP) is 4.86. The Kier molecular flexibility index (Phi) is 6.28. The molecule has 1 aliphatic rings. The van der Waals surface area contributed by atoms with Crippen molar-refractivity contribution in [3.05, 3.63) is 29.8 Å². The Morgan fingerprint density at radius 1 is 1.24 bits per heavy atom. The van der Waals surface area contributed by atoms with E-state index in [1.807, 2.05) is 19.1 Å². The Hall–Kier alpha value is -1.39. The zero-order chi connectivity index (χ0) is 18.7. The SMILES string of the molecule is CC[N+](C(=O)O)(c1cccc(C(C)(C)CN(C)C)c1)C1CCCCC1. The molecule has 0 radical (unpaired) electrons. The minimum Gasteiger partial charge on any atom is -0.435 e. The van der Waals surface area contributed by atoms with Gasteiger partial charge in [0, 0.05) is 30.9 Å². The van der Waals surface area contributed by atoms with Crippen LogP contribution in [-0.2, 0) is 5.41 Å². The second kappa shape index (κ2) is 7.88. The molecule has 1 atom stereocenters. The van der Waals surface area contributed by atoms with Crippen LogP contribution in [0, 0.1) is 0 Å². The van der Waals surface area contributed by atoms with E-state index in [2.05, 4.69) is 45.0 Å². The molecule has 1 fully saturated rings. The third kappa shape index (κ3) is 4.06. The van der Waals surface area contributed by atoms with Gasteiger partial charge in [0.05, 0.1) is 6.54 Å². The Morgan fingerprint density at radius 2 is 1.88 bits per heavy atom. The average Bonchev–Trinajstić information content (AvgIpc) is 2.56. The molecule has 1 aromatic carbocycles. The fraction of sp³-hybridized carbons (Fsp3) is 0.667. The summed E-state index contributed by atoms with van der Waals surface area (Å²) < 4.78 is 0.0753. The molecule has 1 unspecified atom stereocenters. The lowest BCUT2D eigenvalue weighted by atomic mass is 9.83. The summed E-state index contributed by atoms with van der Waals surface area (Å²) in [6, 6.07) is 8.52. The topological polar surface area (TPSA) is 40.5 Å². The number of quaternary nitrogens is 1. The molecule has 0 aliphatic heterocycles. The van der Waals surface area contributed by atoms with E-state index in [0.29, 0.717) is 6.54 Å². The van der Waals surface area contributed by atoms with Crippen LogP contribution in [0.15, 0.2) is 24.3 Å². The van der Waals surface area contributed by atoms with Gasteiger partial charge in [-0.2, -0.15) is 9.28 Å². The number of hydrogen-bond acceptors (Lipinski definition) is 2. The summed E-state index contributed by atoms with van der Waals surface area (Å²) in [5.74, 6) is 0. The smallest absolute Gasteiger partial charge is 0.435 e. The molecule has 25 heavy (non-hydrogen) atoms. The monoisotopic (exact) mass is 347 g/mol. The summed E-state index contributed by atoms with van der Waals surface area (Å²) in [4.78, 5) is 14.6. The van der Waals surface area contributed by atoms with Gasteiger partial charge in [0.1, 0.15) is 11.7 Å². The molecule has 140 valence electrons. The van der Waals surface area contributed by atoms with Crippen LogP contribution >= 0.6 is 0 Å². The summed E-state index contributed by atoms with van der Waals surface area (Å²) in [5.41, 5.74) is 2.13. The first-order valence-electron chi connectivity index (χ1n) is 9.61. The number of amides is 1. The average molecular weight is 348 g/mol. The normalized spacial score (nSPS) is 19.0. The fourth-order valence-corrected chi connectivity index (χ4v) is 4.63. The molecule has 0 heterocycles. The lowest BCUT2D eigenvalue weighted by Gasteiger charge is -2.41. The lowest BCUT2D eigenvalue weighted by molar-refractivity contribution is 0.116. The minimum atomic E-state index is -0.711. The molecule has 0 saturated heterocycles. The number of rotatable bonds is 6. The highest BCUT2D eigenvalue weighted by molar-refractivity contribution is 5.81. The van der Waals surface area contributed by atoms with Crippen molar-refractivity contribution in [2.45, 2.75) is 64.3 Å². The van der Waals surface area contributed by atoms with E-state index in [1.165, 1.54) is 12.0 Å². The summed E-state index contributed by atoms with van der Waals surface area (Å²) in [6.07, 6.45) is 4.82. The first-order chi connectivity index (χ1) is 11.7. The van der Waals surface area contributed by atoms with Gasteiger partial charge in [0.15, 0.2) is 0 Å². The number of nitrogens with zero attached hydrogens (tertiary/aromatic N) is 2. The van der Waals surface area contributed by atoms with Crippen molar-refractivity contribution < 1.29 is 9.90 Å². The number of benzene rings is 1. The molecular weight excluding hydrogens is 312 g/mol. The molecule has 4 nitrogen and oxygen atoms in total. The van der Waals surface area contributed by atoms with E-state index < -0.39 is 6.09 Å². The Labute approximate surface area is 153 Å². The van der Waals surface area contributed by atoms with E-state index in [0.717, 1.165) is 37.9 Å². The van der Waals surface area contributed by atoms with Gasteiger partial charge in [0.25, 0.3) is 0 Å². The quantitative estimate of drug-likeness (QED) is 0.747. The lowest BCUT2D eigenvalue weighted by Crippen LogP contribution is -2.60. The first-order valence-corrected chi connectivity index (χ1v) is 9.61. The molecule has 2 rings (SSSR count). The Bertz CT molecular complexity index is 591. The molecule has 1 N–H and O–H groups in total. The van der Waals surface area contributed by atoms with E-state index in [4.69, 9.17) is 0 Å². The summed E-state index contributed by atoms with van der Waals surface area (Å²) in [7, 11) is 4.16. The van der Waals surface area contributed by atoms with Crippen LogP contribution in [0.4, 0.5) is 10.5 Å². The Balaban J connectivity index is 2.48. The van der Waals surface area contributed by atoms with Crippen LogP contribution in [0.1, 0.15) is 58.4 Å². The molecule has 1 aromatic rings. The molecule has 1 aliphatic carbocycles. The van der Waals surface area contributed by atoms with Gasteiger partial charge in [-0.1, -0.05) is 32.4 Å². The zero-order valence-electron chi connectivity index (χ0n) is 16.6. The summed E-state index contributed by atoms with van der Waals surface area (Å²) in [5, 5.41) is 10.2. The molecule has 0 spiro atoms. The second-order valence-electron chi connectivity index (χ2n) is 8.43. The maximum Gasteiger partial charge on any atom is 0.518 e. The molecule has 4 heteroatoms. The molecule has 1 saturated carbocycles. The summed E-state index contributed by atoms with van der Waals surface area (Å²) in [6.45, 7) is 8.00. The maximum atomic E-state index is 12.5. The number of carboxylic acid groups (broad SMARTS) is 1. The van der Waals surface area contributed by atoms with Gasteiger partial charge in [0.2, 0.25) is 0 Å². The number of likely N-dealkylation sites (N-methyl/N-ethyl adjacent to an activating group) is 1. The van der Waals surface area contributed by atoms with Crippen LogP contribution in [0.5, 0.6) is 0 Å². The van der Waals surface area contributed by atoms with Crippen molar-refractivity contribution in [3.63, 3.8) is 0 Å². The molecule has 0 aromatic heterocycles. The van der Waals surface area contributed by atoms with E-state index in [1.54, 1.807) is 0 Å². The molecular formula is C21H35N2O2+. The van der Waals surface area contributed by atoms with Crippen molar-refractivity contribution in [2.24, 2.45) is 0 Å². The molecule has 0 bridgehead atoms. The highest BCUT2D eigenvalue weighted by Crippen LogP contribution is 2.37. The largest absolute Gasteiger partial charge is 0.518 e. The van der Waals surface area contributed by atoms with E-state index >= 15 is 0 Å². The van der Waals surface area contributed by atoms with Gasteiger partial charge in [-0.05, 0) is 45.5 Å². The van der Waals surface area contributed by atoms with Crippen molar-refractivity contribution in [1.29, 1.82) is 0 Å². The maximum absolute atomic E-state index is 12.5. The predicted molar refractivity (Wildman–Crippen MR) is 105 cm³/mol. The van der Waals surface area contributed by atoms with Gasteiger partial charge in [-0.3, -0.25) is 0 Å². The van der Waals surface area contributed by atoms with Crippen molar-refractivity contribution in [2.75, 3.05) is 27.2 Å². The van der Waals surface area contributed by atoms with Crippen LogP contribution < -0.4 is 4.48 Å². The van der Waals surface area contributed by atoms with Gasteiger partial charge in [-0.25, -0.2) is 0 Å². The number of hydrogen-bond donors (Lipinski definition) is 1. The zero-order valence-corrected chi connectivity index (χ0v) is 16.6. The third-order valence-corrected chi connectivity index (χ3v) is 5.84. The van der Waals surface area contributed by atoms with Crippen molar-refractivity contribution >= 4 is 11.8 Å². The second-order valence-corrected chi connectivity index (χ2v) is 8.43. The van der Waals surface area contributed by atoms with Crippen LogP contribution in [0.2, 0.25) is 0 Å². The summed E-state index contributed by atoms with van der Waals surface area (Å²) >= 11 is 0. The van der Waals surface area contributed by atoms with Crippen molar-refractivity contribution in [3.8, 4) is 0 Å². The van der Waals surface area contributed by atoms with Gasteiger partial charge >= 0.3 is 6.09 Å². The van der Waals surface area contributed by atoms with E-state index in [9.17, 15) is 9.90 Å². The first kappa shape index (κ1) is 19.9. The highest BCUT2D eigenvalue weighted by atomic mass is 16.4. The van der Waals surface area contributed by atoms with Gasteiger partial charge < -0.3 is 10.0 Å². The third-order valence-electron chi connectivity index (χ3n) is 5.84.